The molecule has 0 spiro atoms. The lowest BCUT2D eigenvalue weighted by Gasteiger charge is -2.22. The van der Waals surface area contributed by atoms with E-state index in [0.717, 1.165) is 35.5 Å². The first kappa shape index (κ1) is 15.9. The Hall–Kier alpha value is -1.99. The van der Waals surface area contributed by atoms with E-state index >= 15 is 0 Å². The van der Waals surface area contributed by atoms with E-state index in [9.17, 15) is 9.90 Å². The number of fused-ring (bicyclic) bond motifs is 1. The molecule has 2 aromatic rings. The Morgan fingerprint density at radius 3 is 3.04 bits per heavy atom. The van der Waals surface area contributed by atoms with Crippen LogP contribution >= 0.6 is 11.3 Å². The lowest BCUT2D eigenvalue weighted by Crippen LogP contribution is -2.33. The van der Waals surface area contributed by atoms with E-state index in [1.165, 1.54) is 18.4 Å². The molecule has 0 atom stereocenters. The van der Waals surface area contributed by atoms with Gasteiger partial charge in [0, 0.05) is 23.8 Å². The quantitative estimate of drug-likeness (QED) is 0.870. The maximum atomic E-state index is 12.9. The molecule has 0 bridgehead atoms. The van der Waals surface area contributed by atoms with Gasteiger partial charge in [-0.25, -0.2) is 9.97 Å². The molecule has 0 unspecified atom stereocenters. The molecule has 0 radical (unpaired) electrons. The molecule has 2 heterocycles. The van der Waals surface area contributed by atoms with E-state index in [-0.39, 0.29) is 19.1 Å². The average Bonchev–Trinajstić information content (AvgIpc) is 3.23. The molecule has 3 rings (SSSR count). The number of carbonyl (C=O) groups is 1. The van der Waals surface area contributed by atoms with Crippen molar-refractivity contribution >= 4 is 17.2 Å². The second-order valence-corrected chi connectivity index (χ2v) is 6.36. The molecular weight excluding hydrogens is 314 g/mol. The van der Waals surface area contributed by atoms with Crippen LogP contribution in [0, 0.1) is 0 Å². The van der Waals surface area contributed by atoms with Crippen molar-refractivity contribution in [3.63, 3.8) is 0 Å². The van der Waals surface area contributed by atoms with Crippen molar-refractivity contribution in [3.05, 3.63) is 39.5 Å². The normalized spacial score (nSPS) is 13.0. The topological polar surface area (TPSA) is 75.5 Å². The molecule has 0 fully saturated rings. The van der Waals surface area contributed by atoms with E-state index in [2.05, 4.69) is 9.97 Å². The van der Waals surface area contributed by atoms with Gasteiger partial charge in [-0.1, -0.05) is 0 Å². The zero-order valence-electron chi connectivity index (χ0n) is 13.0. The van der Waals surface area contributed by atoms with Crippen LogP contribution in [0.15, 0.2) is 17.6 Å². The molecule has 7 heteroatoms. The van der Waals surface area contributed by atoms with Crippen LogP contribution in [0.3, 0.4) is 0 Å². The molecule has 122 valence electrons. The monoisotopic (exact) mass is 333 g/mol. The van der Waals surface area contributed by atoms with Crippen molar-refractivity contribution in [2.75, 3.05) is 20.3 Å². The molecule has 1 aliphatic carbocycles. The fourth-order valence-electron chi connectivity index (χ4n) is 2.80. The molecule has 0 aromatic carbocycles. The van der Waals surface area contributed by atoms with Gasteiger partial charge in [0.05, 0.1) is 20.3 Å². The molecule has 0 aliphatic heterocycles. The van der Waals surface area contributed by atoms with E-state index in [4.69, 9.17) is 4.74 Å². The number of pyridine rings is 1. The molecule has 1 aliphatic rings. The van der Waals surface area contributed by atoms with E-state index in [1.54, 1.807) is 11.1 Å². The predicted molar refractivity (Wildman–Crippen MR) is 86.8 cm³/mol. The van der Waals surface area contributed by atoms with Gasteiger partial charge in [0.15, 0.2) is 0 Å². The number of aromatic nitrogens is 2. The van der Waals surface area contributed by atoms with Crippen LogP contribution in [0.1, 0.15) is 33.0 Å². The Balaban J connectivity index is 1.90. The van der Waals surface area contributed by atoms with Crippen molar-refractivity contribution in [2.45, 2.75) is 25.8 Å². The molecule has 1 N–H and O–H groups in total. The number of methoxy groups -OCH3 is 1. The highest BCUT2D eigenvalue weighted by atomic mass is 32.1. The average molecular weight is 333 g/mol. The van der Waals surface area contributed by atoms with Gasteiger partial charge in [0.2, 0.25) is 5.88 Å². The van der Waals surface area contributed by atoms with Gasteiger partial charge in [0.1, 0.15) is 10.6 Å². The number of aryl methyl sites for hydroxylation is 2. The number of rotatable bonds is 6. The minimum atomic E-state index is -0.187. The minimum absolute atomic E-state index is 0.0994. The van der Waals surface area contributed by atoms with Gasteiger partial charge >= 0.3 is 0 Å². The minimum Gasteiger partial charge on any atom is -0.480 e. The SMILES string of the molecule is COc1nc2c(cc1C(=O)N(CCO)Cc1nccs1)CCC2. The molecule has 1 amide bonds. The predicted octanol–water partition coefficient (Wildman–Crippen LogP) is 1.67. The van der Waals surface area contributed by atoms with Crippen LogP contribution in [-0.2, 0) is 19.4 Å². The molecule has 23 heavy (non-hydrogen) atoms. The zero-order chi connectivity index (χ0) is 16.2. The van der Waals surface area contributed by atoms with E-state index < -0.39 is 0 Å². The highest BCUT2D eigenvalue weighted by Crippen LogP contribution is 2.27. The fourth-order valence-corrected chi connectivity index (χ4v) is 3.43. The van der Waals surface area contributed by atoms with Crippen molar-refractivity contribution in [1.82, 2.24) is 14.9 Å². The van der Waals surface area contributed by atoms with Gasteiger partial charge in [-0.15, -0.1) is 11.3 Å². The van der Waals surface area contributed by atoms with Crippen molar-refractivity contribution < 1.29 is 14.6 Å². The summed E-state index contributed by atoms with van der Waals surface area (Å²) in [6, 6.07) is 1.89. The number of carbonyl (C=O) groups excluding carboxylic acids is 1. The summed E-state index contributed by atoms with van der Waals surface area (Å²) in [5.41, 5.74) is 2.59. The standard InChI is InChI=1S/C16H19N3O3S/c1-22-15-12(9-11-3-2-4-13(11)18-15)16(21)19(6-7-20)10-14-17-5-8-23-14/h5,8-9,20H,2-4,6-7,10H2,1H3. The summed E-state index contributed by atoms with van der Waals surface area (Å²) in [7, 11) is 1.53. The number of hydrogen-bond acceptors (Lipinski definition) is 6. The Kier molecular flexibility index (Phi) is 4.88. The largest absolute Gasteiger partial charge is 0.480 e. The fraction of sp³-hybridized carbons (Fsp3) is 0.438. The number of nitrogens with zero attached hydrogens (tertiary/aromatic N) is 3. The molecule has 2 aromatic heterocycles. The smallest absolute Gasteiger partial charge is 0.259 e. The van der Waals surface area contributed by atoms with Crippen LogP contribution in [0.2, 0.25) is 0 Å². The number of hydrogen-bond donors (Lipinski definition) is 1. The number of aliphatic hydroxyl groups is 1. The number of ether oxygens (including phenoxy) is 1. The third-order valence-electron chi connectivity index (χ3n) is 3.91. The van der Waals surface area contributed by atoms with Crippen LogP contribution in [0.4, 0.5) is 0 Å². The molecule has 6 nitrogen and oxygen atoms in total. The second kappa shape index (κ2) is 7.06. The maximum absolute atomic E-state index is 12.9. The lowest BCUT2D eigenvalue weighted by atomic mass is 10.1. The van der Waals surface area contributed by atoms with Crippen LogP contribution < -0.4 is 4.74 Å². The van der Waals surface area contributed by atoms with E-state index in [0.29, 0.717) is 18.0 Å². The van der Waals surface area contributed by atoms with Gasteiger partial charge in [0.25, 0.3) is 5.91 Å². The van der Waals surface area contributed by atoms with E-state index in [1.807, 2.05) is 11.4 Å². The van der Waals surface area contributed by atoms with Crippen molar-refractivity contribution in [2.24, 2.45) is 0 Å². The lowest BCUT2D eigenvalue weighted by molar-refractivity contribution is 0.0703. The zero-order valence-corrected chi connectivity index (χ0v) is 13.8. The van der Waals surface area contributed by atoms with Crippen LogP contribution in [-0.4, -0.2) is 46.1 Å². The summed E-state index contributed by atoms with van der Waals surface area (Å²) in [4.78, 5) is 23.2. The Morgan fingerprint density at radius 1 is 1.48 bits per heavy atom. The van der Waals surface area contributed by atoms with Crippen LogP contribution in [0.5, 0.6) is 5.88 Å². The van der Waals surface area contributed by atoms with Crippen LogP contribution in [0.25, 0.3) is 0 Å². The van der Waals surface area contributed by atoms with Crippen molar-refractivity contribution in [1.29, 1.82) is 0 Å². The molecule has 0 saturated heterocycles. The summed E-state index contributed by atoms with van der Waals surface area (Å²) in [5.74, 6) is 0.172. The second-order valence-electron chi connectivity index (χ2n) is 5.38. The first-order valence-corrected chi connectivity index (χ1v) is 8.46. The third kappa shape index (κ3) is 3.35. The first-order chi connectivity index (χ1) is 11.2. The van der Waals surface area contributed by atoms with Gasteiger partial charge in [-0.05, 0) is 30.9 Å². The summed E-state index contributed by atoms with van der Waals surface area (Å²) < 4.78 is 5.32. The Labute approximate surface area is 138 Å². The highest BCUT2D eigenvalue weighted by Gasteiger charge is 2.25. The van der Waals surface area contributed by atoms with Crippen molar-refractivity contribution in [3.8, 4) is 5.88 Å². The number of thiazole rings is 1. The third-order valence-corrected chi connectivity index (χ3v) is 4.67. The summed E-state index contributed by atoms with van der Waals surface area (Å²) >= 11 is 1.49. The van der Waals surface area contributed by atoms with Gasteiger partial charge < -0.3 is 14.7 Å². The van der Waals surface area contributed by atoms with Gasteiger partial charge in [-0.2, -0.15) is 0 Å². The Morgan fingerprint density at radius 2 is 2.35 bits per heavy atom. The van der Waals surface area contributed by atoms with Gasteiger partial charge in [-0.3, -0.25) is 4.79 Å². The summed E-state index contributed by atoms with van der Waals surface area (Å²) in [5, 5.41) is 12.0. The number of amides is 1. The summed E-state index contributed by atoms with van der Waals surface area (Å²) in [6.07, 6.45) is 4.64. The highest BCUT2D eigenvalue weighted by molar-refractivity contribution is 7.09. The first-order valence-electron chi connectivity index (χ1n) is 7.58. The molecular formula is C16H19N3O3S. The Bertz CT molecular complexity index is 688. The number of aliphatic hydroxyl groups excluding tert-OH is 1. The maximum Gasteiger partial charge on any atom is 0.259 e. The molecule has 0 saturated carbocycles. The summed E-state index contributed by atoms with van der Waals surface area (Å²) in [6.45, 7) is 0.522.